The van der Waals surface area contributed by atoms with Gasteiger partial charge in [0.2, 0.25) is 5.91 Å². The van der Waals surface area contributed by atoms with Gasteiger partial charge in [0, 0.05) is 37.4 Å². The van der Waals surface area contributed by atoms with Crippen LogP contribution in [0, 0.1) is 5.92 Å². The van der Waals surface area contributed by atoms with Crippen molar-refractivity contribution in [3.05, 3.63) is 83.2 Å². The molecule has 0 atom stereocenters. The zero-order valence-electron chi connectivity index (χ0n) is 21.5. The van der Waals surface area contributed by atoms with Crippen LogP contribution in [0.1, 0.15) is 41.2 Å². The summed E-state index contributed by atoms with van der Waals surface area (Å²) in [4.78, 5) is 28.9. The summed E-state index contributed by atoms with van der Waals surface area (Å²) in [5, 5.41) is 7.65. The maximum Gasteiger partial charge on any atom is 0.416 e. The van der Waals surface area contributed by atoms with Gasteiger partial charge >= 0.3 is 6.18 Å². The van der Waals surface area contributed by atoms with Crippen molar-refractivity contribution in [3.8, 4) is 5.69 Å². The summed E-state index contributed by atoms with van der Waals surface area (Å²) in [7, 11) is 0. The molecule has 0 bridgehead atoms. The van der Waals surface area contributed by atoms with Gasteiger partial charge in [-0.25, -0.2) is 4.68 Å². The number of amides is 2. The van der Waals surface area contributed by atoms with Crippen LogP contribution in [0.15, 0.2) is 60.7 Å². The highest BCUT2D eigenvalue weighted by molar-refractivity contribution is 5.94. The molecule has 4 rings (SSSR count). The van der Waals surface area contributed by atoms with Crippen LogP contribution >= 0.6 is 0 Å². The van der Waals surface area contributed by atoms with Gasteiger partial charge in [-0.05, 0) is 54.8 Å². The molecule has 0 unspecified atom stereocenters. The fourth-order valence-electron chi connectivity index (χ4n) is 4.46. The van der Waals surface area contributed by atoms with E-state index in [1.165, 1.54) is 12.1 Å². The van der Waals surface area contributed by atoms with Crippen LogP contribution in [0.25, 0.3) is 5.69 Å². The molecule has 2 amide bonds. The van der Waals surface area contributed by atoms with Crippen molar-refractivity contribution in [2.45, 2.75) is 33.0 Å². The lowest BCUT2D eigenvalue weighted by Gasteiger charge is -2.34. The van der Waals surface area contributed by atoms with Gasteiger partial charge in [-0.3, -0.25) is 14.5 Å². The Morgan fingerprint density at radius 2 is 1.63 bits per heavy atom. The molecule has 1 aliphatic rings. The molecule has 7 nitrogen and oxygen atoms in total. The molecular formula is C28H32F3N5O2. The largest absolute Gasteiger partial charge is 0.416 e. The first kappa shape index (κ1) is 27.4. The monoisotopic (exact) mass is 527 g/mol. The predicted molar refractivity (Wildman–Crippen MR) is 138 cm³/mol. The molecule has 0 radical (unpaired) electrons. The minimum absolute atomic E-state index is 0.132. The third-order valence-corrected chi connectivity index (χ3v) is 6.40. The van der Waals surface area contributed by atoms with Gasteiger partial charge in [-0.2, -0.15) is 18.3 Å². The van der Waals surface area contributed by atoms with Crippen molar-refractivity contribution in [1.82, 2.24) is 24.9 Å². The van der Waals surface area contributed by atoms with E-state index < -0.39 is 11.7 Å². The van der Waals surface area contributed by atoms with Gasteiger partial charge in [-0.1, -0.05) is 32.0 Å². The first-order chi connectivity index (χ1) is 18.1. The molecule has 38 heavy (non-hydrogen) atoms. The molecule has 202 valence electrons. The minimum atomic E-state index is -4.44. The molecule has 3 aromatic rings. The average molecular weight is 528 g/mol. The molecule has 10 heteroatoms. The number of nitrogens with zero attached hydrogens (tertiary/aromatic N) is 4. The molecule has 0 aliphatic carbocycles. The lowest BCUT2D eigenvalue weighted by Crippen LogP contribution is -2.51. The fourth-order valence-corrected chi connectivity index (χ4v) is 4.46. The summed E-state index contributed by atoms with van der Waals surface area (Å²) in [6, 6.07) is 16.2. The Hall–Kier alpha value is -3.66. The number of para-hydroxylation sites is 1. The van der Waals surface area contributed by atoms with E-state index in [2.05, 4.69) is 19.2 Å². The Balaban J connectivity index is 1.27. The number of alkyl halides is 3. The van der Waals surface area contributed by atoms with Crippen molar-refractivity contribution in [3.63, 3.8) is 0 Å². The first-order valence-corrected chi connectivity index (χ1v) is 12.7. The van der Waals surface area contributed by atoms with E-state index in [0.717, 1.165) is 35.6 Å². The third kappa shape index (κ3) is 7.00. The Labute approximate surface area is 220 Å². The van der Waals surface area contributed by atoms with Crippen molar-refractivity contribution in [2.75, 3.05) is 32.7 Å². The molecule has 1 aromatic heterocycles. The highest BCUT2D eigenvalue weighted by atomic mass is 19.4. The molecule has 1 aliphatic heterocycles. The Kier molecular flexibility index (Phi) is 8.51. The Morgan fingerprint density at radius 3 is 2.24 bits per heavy atom. The summed E-state index contributed by atoms with van der Waals surface area (Å²) in [6.07, 6.45) is -3.57. The van der Waals surface area contributed by atoms with Crippen LogP contribution in [0.3, 0.4) is 0 Å². The average Bonchev–Trinajstić information content (AvgIpc) is 3.29. The van der Waals surface area contributed by atoms with Crippen LogP contribution < -0.4 is 5.32 Å². The van der Waals surface area contributed by atoms with Crippen LogP contribution in [0.4, 0.5) is 13.2 Å². The van der Waals surface area contributed by atoms with Crippen molar-refractivity contribution < 1.29 is 22.8 Å². The number of carbonyl (C=O) groups excluding carboxylic acids is 2. The highest BCUT2D eigenvalue weighted by Crippen LogP contribution is 2.29. The van der Waals surface area contributed by atoms with Crippen LogP contribution in [-0.2, 0) is 23.9 Å². The second-order valence-electron chi connectivity index (χ2n) is 9.89. The normalized spacial score (nSPS) is 14.6. The summed E-state index contributed by atoms with van der Waals surface area (Å²) in [5.41, 5.74) is 2.28. The Morgan fingerprint density at radius 1 is 0.974 bits per heavy atom. The van der Waals surface area contributed by atoms with E-state index in [4.69, 9.17) is 5.10 Å². The number of piperazine rings is 1. The molecule has 1 N–H and O–H groups in total. The van der Waals surface area contributed by atoms with E-state index in [1.807, 2.05) is 46.0 Å². The summed E-state index contributed by atoms with van der Waals surface area (Å²) >= 11 is 0. The number of carbonyl (C=O) groups is 2. The highest BCUT2D eigenvalue weighted by Gasteiger charge is 2.31. The van der Waals surface area contributed by atoms with Gasteiger partial charge in [-0.15, -0.1) is 0 Å². The molecule has 2 aromatic carbocycles. The molecular weight excluding hydrogens is 495 g/mol. The Bertz CT molecular complexity index is 1230. The van der Waals surface area contributed by atoms with Gasteiger partial charge in [0.15, 0.2) is 0 Å². The fraction of sp³-hybridized carbons (Fsp3) is 0.393. The van der Waals surface area contributed by atoms with E-state index >= 15 is 0 Å². The van der Waals surface area contributed by atoms with Crippen molar-refractivity contribution in [2.24, 2.45) is 5.92 Å². The van der Waals surface area contributed by atoms with Crippen LogP contribution in [0.5, 0.6) is 0 Å². The topological polar surface area (TPSA) is 70.5 Å². The van der Waals surface area contributed by atoms with Crippen molar-refractivity contribution in [1.29, 1.82) is 0 Å². The second-order valence-corrected chi connectivity index (χ2v) is 9.89. The van der Waals surface area contributed by atoms with Gasteiger partial charge in [0.1, 0.15) is 0 Å². The van der Waals surface area contributed by atoms with Gasteiger partial charge in [0.05, 0.1) is 30.0 Å². The zero-order valence-corrected chi connectivity index (χ0v) is 21.5. The minimum Gasteiger partial charge on any atom is -0.349 e. The second kappa shape index (κ2) is 11.8. The standard InChI is InChI=1S/C28H32F3N5O2/c1-20(2)16-25-17-23(33-36(25)24-6-4-3-5-7-24)18-32-26(37)19-34-12-14-35(15-13-34)27(38)21-8-10-22(11-9-21)28(29,30)31/h3-11,17,20H,12-16,18-19H2,1-2H3,(H,32,37). The van der Waals surface area contributed by atoms with Gasteiger partial charge < -0.3 is 10.2 Å². The lowest BCUT2D eigenvalue weighted by atomic mass is 10.1. The number of aromatic nitrogens is 2. The lowest BCUT2D eigenvalue weighted by molar-refractivity contribution is -0.137. The maximum atomic E-state index is 12.8. The molecule has 0 spiro atoms. The predicted octanol–water partition coefficient (Wildman–Crippen LogP) is 4.16. The number of nitrogens with one attached hydrogen (secondary N) is 1. The van der Waals surface area contributed by atoms with Crippen LogP contribution in [0.2, 0.25) is 0 Å². The number of rotatable bonds is 8. The van der Waals surface area contributed by atoms with Crippen LogP contribution in [-0.4, -0.2) is 64.1 Å². The zero-order chi connectivity index (χ0) is 27.3. The number of halogens is 3. The van der Waals surface area contributed by atoms with Gasteiger partial charge in [0.25, 0.3) is 5.91 Å². The smallest absolute Gasteiger partial charge is 0.349 e. The molecule has 1 fully saturated rings. The third-order valence-electron chi connectivity index (χ3n) is 6.40. The quantitative estimate of drug-likeness (QED) is 0.478. The number of hydrogen-bond donors (Lipinski definition) is 1. The van der Waals surface area contributed by atoms with Crippen molar-refractivity contribution >= 4 is 11.8 Å². The molecule has 2 heterocycles. The summed E-state index contributed by atoms with van der Waals surface area (Å²) < 4.78 is 40.2. The number of hydrogen-bond acceptors (Lipinski definition) is 4. The molecule has 1 saturated heterocycles. The number of benzene rings is 2. The van der Waals surface area contributed by atoms with E-state index in [-0.39, 0.29) is 23.9 Å². The maximum absolute atomic E-state index is 12.8. The van der Waals surface area contributed by atoms with E-state index in [0.29, 0.717) is 38.6 Å². The van der Waals surface area contributed by atoms with E-state index in [9.17, 15) is 22.8 Å². The first-order valence-electron chi connectivity index (χ1n) is 12.7. The summed E-state index contributed by atoms with van der Waals surface area (Å²) in [6.45, 7) is 6.61. The summed E-state index contributed by atoms with van der Waals surface area (Å²) in [5.74, 6) is 0.0163. The molecule has 0 saturated carbocycles. The van der Waals surface area contributed by atoms with E-state index in [1.54, 1.807) is 4.90 Å². The SMILES string of the molecule is CC(C)Cc1cc(CNC(=O)CN2CCN(C(=O)c3ccc(C(F)(F)F)cc3)CC2)nn1-c1ccccc1.